The van der Waals surface area contributed by atoms with E-state index < -0.39 is 0 Å². The van der Waals surface area contributed by atoms with Crippen LogP contribution in [0.2, 0.25) is 0 Å². The van der Waals surface area contributed by atoms with Gasteiger partial charge in [0.1, 0.15) is 0 Å². The van der Waals surface area contributed by atoms with Gasteiger partial charge >= 0.3 is 0 Å². The summed E-state index contributed by atoms with van der Waals surface area (Å²) in [7, 11) is 0. The molecule has 0 fully saturated rings. The van der Waals surface area contributed by atoms with Crippen molar-refractivity contribution in [2.75, 3.05) is 13.2 Å². The summed E-state index contributed by atoms with van der Waals surface area (Å²) in [4.78, 5) is 0. The maximum atomic E-state index is 9.12. The molecule has 76 valence electrons. The Kier molecular flexibility index (Phi) is 4.97. The standard InChI is InChI=1S/C12H17NO/c1-2-8-13-12(10-14)9-11-6-4-3-5-7-11/h2-7,12-14H,1,8-10H2. The third-order valence-electron chi connectivity index (χ3n) is 2.10. The second-order valence-corrected chi connectivity index (χ2v) is 3.27. The van der Waals surface area contributed by atoms with E-state index in [1.807, 2.05) is 18.2 Å². The van der Waals surface area contributed by atoms with E-state index >= 15 is 0 Å². The number of aliphatic hydroxyl groups is 1. The van der Waals surface area contributed by atoms with Crippen LogP contribution in [0.25, 0.3) is 0 Å². The molecule has 1 atom stereocenters. The second kappa shape index (κ2) is 6.35. The van der Waals surface area contributed by atoms with Gasteiger partial charge in [0, 0.05) is 12.6 Å². The van der Waals surface area contributed by atoms with E-state index in [1.54, 1.807) is 6.08 Å². The first-order valence-electron chi connectivity index (χ1n) is 4.86. The predicted molar refractivity (Wildman–Crippen MR) is 59.2 cm³/mol. The quantitative estimate of drug-likeness (QED) is 0.666. The molecule has 0 radical (unpaired) electrons. The Morgan fingerprint density at radius 1 is 1.36 bits per heavy atom. The van der Waals surface area contributed by atoms with Crippen LogP contribution in [-0.2, 0) is 6.42 Å². The first kappa shape index (κ1) is 11.0. The molecule has 0 spiro atoms. The molecule has 2 N–H and O–H groups in total. The highest BCUT2D eigenvalue weighted by Gasteiger charge is 2.05. The van der Waals surface area contributed by atoms with Crippen LogP contribution in [0.3, 0.4) is 0 Å². The molecular formula is C12H17NO. The average molecular weight is 191 g/mol. The highest BCUT2D eigenvalue weighted by atomic mass is 16.3. The molecule has 0 aromatic heterocycles. The minimum atomic E-state index is 0.121. The van der Waals surface area contributed by atoms with Gasteiger partial charge in [-0.15, -0.1) is 6.58 Å². The van der Waals surface area contributed by atoms with Crippen molar-refractivity contribution in [3.05, 3.63) is 48.6 Å². The van der Waals surface area contributed by atoms with Crippen LogP contribution in [0.15, 0.2) is 43.0 Å². The number of nitrogens with one attached hydrogen (secondary N) is 1. The lowest BCUT2D eigenvalue weighted by molar-refractivity contribution is 0.245. The molecule has 0 aliphatic rings. The third-order valence-corrected chi connectivity index (χ3v) is 2.10. The lowest BCUT2D eigenvalue weighted by Gasteiger charge is -2.14. The summed E-state index contributed by atoms with van der Waals surface area (Å²) in [5.41, 5.74) is 1.24. The molecule has 0 bridgehead atoms. The minimum absolute atomic E-state index is 0.121. The molecule has 0 amide bonds. The van der Waals surface area contributed by atoms with Crippen LogP contribution in [0.1, 0.15) is 5.56 Å². The summed E-state index contributed by atoms with van der Waals surface area (Å²) in [5.74, 6) is 0. The molecule has 0 heterocycles. The van der Waals surface area contributed by atoms with Gasteiger partial charge in [0.15, 0.2) is 0 Å². The van der Waals surface area contributed by atoms with Crippen molar-refractivity contribution < 1.29 is 5.11 Å². The van der Waals surface area contributed by atoms with E-state index in [9.17, 15) is 0 Å². The van der Waals surface area contributed by atoms with Gasteiger partial charge in [0.2, 0.25) is 0 Å². The lowest BCUT2D eigenvalue weighted by Crippen LogP contribution is -2.34. The highest BCUT2D eigenvalue weighted by Crippen LogP contribution is 2.02. The molecule has 2 nitrogen and oxygen atoms in total. The average Bonchev–Trinajstić information content (AvgIpc) is 2.25. The maximum absolute atomic E-state index is 9.12. The summed E-state index contributed by atoms with van der Waals surface area (Å²) in [5, 5.41) is 12.3. The van der Waals surface area contributed by atoms with Gasteiger partial charge in [-0.3, -0.25) is 0 Å². The van der Waals surface area contributed by atoms with Gasteiger partial charge < -0.3 is 10.4 Å². The Hall–Kier alpha value is -1.12. The number of aliphatic hydroxyl groups excluding tert-OH is 1. The normalized spacial score (nSPS) is 12.4. The molecule has 1 unspecified atom stereocenters. The Morgan fingerprint density at radius 2 is 2.07 bits per heavy atom. The zero-order chi connectivity index (χ0) is 10.2. The van der Waals surface area contributed by atoms with Crippen LogP contribution in [-0.4, -0.2) is 24.3 Å². The molecule has 1 aromatic rings. The zero-order valence-electron chi connectivity index (χ0n) is 8.32. The second-order valence-electron chi connectivity index (χ2n) is 3.27. The first-order valence-corrected chi connectivity index (χ1v) is 4.86. The molecular weight excluding hydrogens is 174 g/mol. The van der Waals surface area contributed by atoms with Gasteiger partial charge in [0.05, 0.1) is 6.61 Å². The number of benzene rings is 1. The van der Waals surface area contributed by atoms with Crippen molar-refractivity contribution in [2.24, 2.45) is 0 Å². The van der Waals surface area contributed by atoms with Crippen molar-refractivity contribution in [1.82, 2.24) is 5.32 Å². The lowest BCUT2D eigenvalue weighted by atomic mass is 10.1. The summed E-state index contributed by atoms with van der Waals surface area (Å²) in [6, 6.07) is 10.3. The van der Waals surface area contributed by atoms with Gasteiger partial charge in [-0.05, 0) is 12.0 Å². The topological polar surface area (TPSA) is 32.3 Å². The highest BCUT2D eigenvalue weighted by molar-refractivity contribution is 5.15. The molecule has 1 aromatic carbocycles. The monoisotopic (exact) mass is 191 g/mol. The van der Waals surface area contributed by atoms with Gasteiger partial charge in [-0.25, -0.2) is 0 Å². The van der Waals surface area contributed by atoms with Gasteiger partial charge in [-0.2, -0.15) is 0 Å². The third kappa shape index (κ3) is 3.73. The number of rotatable bonds is 6. The SMILES string of the molecule is C=CCNC(CO)Cc1ccccc1. The zero-order valence-corrected chi connectivity index (χ0v) is 8.32. The largest absolute Gasteiger partial charge is 0.395 e. The molecule has 2 heteroatoms. The summed E-state index contributed by atoms with van der Waals surface area (Å²) < 4.78 is 0. The Morgan fingerprint density at radius 3 is 2.64 bits per heavy atom. The van der Waals surface area contributed by atoms with E-state index in [4.69, 9.17) is 5.11 Å². The molecule has 0 aliphatic carbocycles. The predicted octanol–water partition coefficient (Wildman–Crippen LogP) is 1.37. The Labute approximate surface area is 85.3 Å². The van der Waals surface area contributed by atoms with Crippen LogP contribution in [0.5, 0.6) is 0 Å². The van der Waals surface area contributed by atoms with E-state index in [-0.39, 0.29) is 12.6 Å². The van der Waals surface area contributed by atoms with Gasteiger partial charge in [0.25, 0.3) is 0 Å². The Balaban J connectivity index is 2.44. The molecule has 1 rings (SSSR count). The van der Waals surface area contributed by atoms with Crippen LogP contribution in [0, 0.1) is 0 Å². The molecule has 0 aliphatic heterocycles. The minimum Gasteiger partial charge on any atom is -0.395 e. The molecule has 0 saturated heterocycles. The van der Waals surface area contributed by atoms with Crippen LogP contribution >= 0.6 is 0 Å². The van der Waals surface area contributed by atoms with Crippen molar-refractivity contribution in [3.63, 3.8) is 0 Å². The smallest absolute Gasteiger partial charge is 0.0587 e. The summed E-state index contributed by atoms with van der Waals surface area (Å²) in [6.45, 7) is 4.52. The van der Waals surface area contributed by atoms with E-state index in [2.05, 4.69) is 24.0 Å². The Bertz CT molecular complexity index is 258. The van der Waals surface area contributed by atoms with Crippen LogP contribution in [0.4, 0.5) is 0 Å². The summed E-state index contributed by atoms with van der Waals surface area (Å²) >= 11 is 0. The summed E-state index contributed by atoms with van der Waals surface area (Å²) in [6.07, 6.45) is 2.65. The first-order chi connectivity index (χ1) is 6.86. The fourth-order valence-electron chi connectivity index (χ4n) is 1.35. The van der Waals surface area contributed by atoms with Crippen molar-refractivity contribution >= 4 is 0 Å². The van der Waals surface area contributed by atoms with E-state index in [0.717, 1.165) is 13.0 Å². The molecule has 14 heavy (non-hydrogen) atoms. The number of hydrogen-bond acceptors (Lipinski definition) is 2. The molecule has 0 saturated carbocycles. The van der Waals surface area contributed by atoms with Crippen molar-refractivity contribution in [3.8, 4) is 0 Å². The maximum Gasteiger partial charge on any atom is 0.0587 e. The van der Waals surface area contributed by atoms with Crippen molar-refractivity contribution in [2.45, 2.75) is 12.5 Å². The fraction of sp³-hybridized carbons (Fsp3) is 0.333. The number of hydrogen-bond donors (Lipinski definition) is 2. The van der Waals surface area contributed by atoms with Gasteiger partial charge in [-0.1, -0.05) is 36.4 Å². The fourth-order valence-corrected chi connectivity index (χ4v) is 1.35. The van der Waals surface area contributed by atoms with E-state index in [0.29, 0.717) is 0 Å². The van der Waals surface area contributed by atoms with Crippen LogP contribution < -0.4 is 5.32 Å². The van der Waals surface area contributed by atoms with E-state index in [1.165, 1.54) is 5.56 Å². The van der Waals surface area contributed by atoms with Crippen molar-refractivity contribution in [1.29, 1.82) is 0 Å².